The minimum absolute atomic E-state index is 0.0134. The number of amides is 2. The molecule has 2 aliphatic heterocycles. The number of aromatic nitrogens is 1. The van der Waals surface area contributed by atoms with Gasteiger partial charge in [0.05, 0.1) is 7.11 Å². The third-order valence-electron chi connectivity index (χ3n) is 6.79. The monoisotopic (exact) mass is 605 g/mol. The van der Waals surface area contributed by atoms with Crippen molar-refractivity contribution in [3.8, 4) is 5.75 Å². The van der Waals surface area contributed by atoms with Gasteiger partial charge in [0.25, 0.3) is 11.8 Å². The van der Waals surface area contributed by atoms with Gasteiger partial charge in [-0.05, 0) is 49.0 Å². The number of nitrogens with one attached hydrogen (secondary N) is 1. The molecule has 1 aromatic heterocycles. The Kier molecular flexibility index (Phi) is 8.81. The number of nitrogens with zero attached hydrogens (tertiary/aromatic N) is 3. The van der Waals surface area contributed by atoms with Crippen molar-refractivity contribution in [1.29, 1.82) is 0 Å². The summed E-state index contributed by atoms with van der Waals surface area (Å²) >= 11 is 8.71. The number of halogens is 1. The van der Waals surface area contributed by atoms with Gasteiger partial charge in [-0.15, -0.1) is 34.7 Å². The molecule has 1 aliphatic carbocycles. The number of carbonyl (C=O) groups excluding carboxylic acids is 3. The fraction of sp³-hybridized carbons (Fsp3) is 0.423. The zero-order valence-electron chi connectivity index (χ0n) is 21.6. The number of benzene rings is 1. The zero-order valence-corrected chi connectivity index (χ0v) is 24.0. The summed E-state index contributed by atoms with van der Waals surface area (Å²) in [7, 11) is 1.57. The lowest BCUT2D eigenvalue weighted by molar-refractivity contribution is -0.153. The van der Waals surface area contributed by atoms with Crippen LogP contribution in [0.1, 0.15) is 36.9 Å². The number of alkyl halides is 1. The van der Waals surface area contributed by atoms with E-state index in [9.17, 15) is 14.4 Å². The second-order valence-corrected chi connectivity index (χ2v) is 11.7. The lowest BCUT2D eigenvalue weighted by Gasteiger charge is -2.49. The van der Waals surface area contributed by atoms with Gasteiger partial charge in [-0.1, -0.05) is 17.3 Å². The van der Waals surface area contributed by atoms with Crippen molar-refractivity contribution in [3.63, 3.8) is 0 Å². The summed E-state index contributed by atoms with van der Waals surface area (Å²) < 4.78 is 10.7. The summed E-state index contributed by atoms with van der Waals surface area (Å²) in [5, 5.41) is 8.25. The number of anilines is 1. The molecule has 14 heteroatoms. The predicted molar refractivity (Wildman–Crippen MR) is 152 cm³/mol. The molecule has 0 spiro atoms. The van der Waals surface area contributed by atoms with Crippen molar-refractivity contribution < 1.29 is 28.7 Å². The van der Waals surface area contributed by atoms with Crippen LogP contribution in [-0.2, 0) is 30.6 Å². The Labute approximate surface area is 244 Å². The number of hydrogen-bond acceptors (Lipinski definition) is 11. The lowest BCUT2D eigenvalue weighted by Crippen LogP contribution is -2.71. The van der Waals surface area contributed by atoms with E-state index in [1.807, 2.05) is 0 Å². The highest BCUT2D eigenvalue weighted by Gasteiger charge is 2.54. The van der Waals surface area contributed by atoms with Crippen LogP contribution < -0.4 is 15.8 Å². The molecule has 1 saturated carbocycles. The molecule has 2 amide bonds. The van der Waals surface area contributed by atoms with Gasteiger partial charge in [-0.3, -0.25) is 14.5 Å². The largest absolute Gasteiger partial charge is 0.497 e. The van der Waals surface area contributed by atoms with Crippen LogP contribution in [0.5, 0.6) is 5.75 Å². The number of oxime groups is 1. The van der Waals surface area contributed by atoms with Crippen LogP contribution in [-0.4, -0.2) is 69.6 Å². The van der Waals surface area contributed by atoms with Gasteiger partial charge < -0.3 is 25.4 Å². The van der Waals surface area contributed by atoms with Crippen molar-refractivity contribution in [2.24, 2.45) is 5.16 Å². The maximum Gasteiger partial charge on any atom is 0.355 e. The fourth-order valence-electron chi connectivity index (χ4n) is 4.65. The lowest BCUT2D eigenvalue weighted by atomic mass is 10.0. The smallest absolute Gasteiger partial charge is 0.355 e. The van der Waals surface area contributed by atoms with Crippen molar-refractivity contribution in [2.75, 3.05) is 24.5 Å². The van der Waals surface area contributed by atoms with E-state index in [2.05, 4.69) is 15.5 Å². The van der Waals surface area contributed by atoms with Crippen molar-refractivity contribution in [3.05, 3.63) is 52.2 Å². The third-order valence-corrected chi connectivity index (χ3v) is 9.13. The number of hydrogen-bond donors (Lipinski definition) is 2. The first-order valence-corrected chi connectivity index (χ1v) is 15.1. The van der Waals surface area contributed by atoms with Crippen LogP contribution in [0, 0.1) is 0 Å². The molecule has 3 aliphatic rings. The van der Waals surface area contributed by atoms with Crippen LogP contribution in [0.2, 0.25) is 0 Å². The van der Waals surface area contributed by atoms with Gasteiger partial charge in [-0.2, -0.15) is 0 Å². The van der Waals surface area contributed by atoms with Gasteiger partial charge in [0.15, 0.2) is 10.8 Å². The molecular weight excluding hydrogens is 578 g/mol. The van der Waals surface area contributed by atoms with Crippen molar-refractivity contribution in [2.45, 2.75) is 49.8 Å². The van der Waals surface area contributed by atoms with E-state index in [4.69, 9.17) is 31.6 Å². The maximum atomic E-state index is 13.3. The Bertz CT molecular complexity index is 1340. The second-order valence-electron chi connectivity index (χ2n) is 9.39. The fourth-order valence-corrected chi connectivity index (χ4v) is 6.87. The molecule has 212 valence electrons. The zero-order chi connectivity index (χ0) is 28.2. The number of carbonyl (C=O) groups is 3. The molecule has 0 bridgehead atoms. The third kappa shape index (κ3) is 5.91. The van der Waals surface area contributed by atoms with E-state index in [1.165, 1.54) is 28.0 Å². The van der Waals surface area contributed by atoms with Gasteiger partial charge >= 0.3 is 5.97 Å². The Morgan fingerprint density at radius 3 is 2.65 bits per heavy atom. The normalized spacial score (nSPS) is 21.1. The molecule has 1 aromatic carbocycles. The van der Waals surface area contributed by atoms with E-state index in [0.717, 1.165) is 31.2 Å². The van der Waals surface area contributed by atoms with Crippen molar-refractivity contribution >= 4 is 63.3 Å². The van der Waals surface area contributed by atoms with Crippen LogP contribution in [0.4, 0.5) is 5.13 Å². The number of rotatable bonds is 10. The first kappa shape index (κ1) is 28.2. The highest BCUT2D eigenvalue weighted by Crippen LogP contribution is 2.41. The number of fused-ring (bicyclic) bond motifs is 1. The molecular formula is C26H28ClN5O6S2. The van der Waals surface area contributed by atoms with E-state index in [-0.39, 0.29) is 40.8 Å². The number of β-lactam (4-membered cyclic amide) rings is 1. The molecule has 2 atom stereocenters. The van der Waals surface area contributed by atoms with Gasteiger partial charge in [0, 0.05) is 17.0 Å². The average molecular weight is 606 g/mol. The molecule has 0 unspecified atom stereocenters. The van der Waals surface area contributed by atoms with E-state index < -0.39 is 29.2 Å². The first-order valence-electron chi connectivity index (χ1n) is 12.7. The van der Waals surface area contributed by atoms with Crippen molar-refractivity contribution in [1.82, 2.24) is 15.2 Å². The summed E-state index contributed by atoms with van der Waals surface area (Å²) in [5.74, 6) is -0.555. The van der Waals surface area contributed by atoms with Gasteiger partial charge in [-0.25, -0.2) is 9.78 Å². The number of methoxy groups -OCH3 is 1. The Morgan fingerprint density at radius 2 is 2.00 bits per heavy atom. The minimum Gasteiger partial charge on any atom is -0.497 e. The molecule has 1 saturated heterocycles. The van der Waals surface area contributed by atoms with Gasteiger partial charge in [0.2, 0.25) is 0 Å². The number of esters is 1. The predicted octanol–water partition coefficient (Wildman–Crippen LogP) is 3.03. The quantitative estimate of drug-likeness (QED) is 0.137. The summed E-state index contributed by atoms with van der Waals surface area (Å²) in [5.41, 5.74) is 7.46. The standard InChI is InChI=1S/C26H28ClN5O6S2/c1-36-16-8-6-14(7-9-16)11-37-25(35)21-15(10-27)12-39-24-20(23(34)32(21)24)30-22(33)19(18-13-40-26(28)29-18)31-38-17-4-2-3-5-17/h6-9,13,17,20,24H,2-5,10-12H2,1H3,(H2,28,29)(H,30,33)/b31-19-/t20-,24-/m1/s1. The summed E-state index contributed by atoms with van der Waals surface area (Å²) in [6.07, 6.45) is 3.73. The highest BCUT2D eigenvalue weighted by molar-refractivity contribution is 8.00. The Balaban J connectivity index is 1.28. The van der Waals surface area contributed by atoms with Gasteiger partial charge in [0.1, 0.15) is 41.3 Å². The van der Waals surface area contributed by atoms with Crippen LogP contribution in [0.3, 0.4) is 0 Å². The SMILES string of the molecule is COc1ccc(COC(=O)C2=C(CCl)CS[C@@H]3[C@H](NC(=O)/C(=N\OC4CCCC4)c4csc(N)n4)C(=O)N23)cc1. The second kappa shape index (κ2) is 12.5. The Hall–Kier alpha value is -3.29. The molecule has 0 radical (unpaired) electrons. The number of thioether (sulfide) groups is 1. The molecule has 3 N–H and O–H groups in total. The Morgan fingerprint density at radius 1 is 1.25 bits per heavy atom. The molecule has 40 heavy (non-hydrogen) atoms. The molecule has 2 aromatic rings. The number of nitrogen functional groups attached to an aromatic ring is 1. The molecule has 2 fully saturated rings. The van der Waals surface area contributed by atoms with E-state index >= 15 is 0 Å². The topological polar surface area (TPSA) is 145 Å². The highest BCUT2D eigenvalue weighted by atomic mass is 35.5. The summed E-state index contributed by atoms with van der Waals surface area (Å²) in [6.45, 7) is 0.0134. The number of thiazole rings is 1. The minimum atomic E-state index is -0.883. The number of ether oxygens (including phenoxy) is 2. The van der Waals surface area contributed by atoms with Crippen LogP contribution in [0.25, 0.3) is 0 Å². The van der Waals surface area contributed by atoms with Crippen LogP contribution in [0.15, 0.2) is 46.1 Å². The first-order chi connectivity index (χ1) is 19.4. The number of nitrogens with two attached hydrogens (primary N) is 1. The summed E-state index contributed by atoms with van der Waals surface area (Å²) in [6, 6.07) is 6.22. The van der Waals surface area contributed by atoms with E-state index in [1.54, 1.807) is 36.8 Å². The molecule has 5 rings (SSSR count). The van der Waals surface area contributed by atoms with E-state index in [0.29, 0.717) is 17.1 Å². The average Bonchev–Trinajstić information content (AvgIpc) is 3.66. The molecule has 3 heterocycles. The maximum absolute atomic E-state index is 13.3. The molecule has 11 nitrogen and oxygen atoms in total. The van der Waals surface area contributed by atoms with Crippen LogP contribution >= 0.6 is 34.7 Å². The summed E-state index contributed by atoms with van der Waals surface area (Å²) in [4.78, 5) is 50.9.